The van der Waals surface area contributed by atoms with Crippen molar-refractivity contribution in [2.75, 3.05) is 11.1 Å². The van der Waals surface area contributed by atoms with Gasteiger partial charge in [-0.05, 0) is 35.9 Å². The lowest BCUT2D eigenvalue weighted by molar-refractivity contribution is -0.152. The van der Waals surface area contributed by atoms with Crippen molar-refractivity contribution in [3.63, 3.8) is 0 Å². The van der Waals surface area contributed by atoms with Crippen LogP contribution in [0.2, 0.25) is 5.02 Å². The van der Waals surface area contributed by atoms with Gasteiger partial charge in [0.25, 0.3) is 0 Å². The van der Waals surface area contributed by atoms with E-state index in [4.69, 9.17) is 26.8 Å². The predicted molar refractivity (Wildman–Crippen MR) is 103 cm³/mol. The Morgan fingerprint density at radius 2 is 2.04 bits per heavy atom. The Labute approximate surface area is 165 Å². The van der Waals surface area contributed by atoms with E-state index >= 15 is 0 Å². The second-order valence-electron chi connectivity index (χ2n) is 6.09. The highest BCUT2D eigenvalue weighted by molar-refractivity contribution is 6.30. The zero-order valence-electron chi connectivity index (χ0n) is 14.6. The molecule has 3 N–H and O–H groups in total. The molecule has 1 aromatic heterocycles. The molecule has 2 heterocycles. The summed E-state index contributed by atoms with van der Waals surface area (Å²) in [6.45, 7) is -0.147. The monoisotopic (exact) mass is 397 g/mol. The Hall–Kier alpha value is -3.39. The topological polar surface area (TPSA) is 112 Å². The number of nitrogen functional groups attached to an aromatic ring is 1. The second kappa shape index (κ2) is 7.69. The van der Waals surface area contributed by atoms with Gasteiger partial charge < -0.3 is 20.5 Å². The molecule has 0 saturated carbocycles. The van der Waals surface area contributed by atoms with Crippen LogP contribution in [-0.4, -0.2) is 27.0 Å². The highest BCUT2D eigenvalue weighted by Gasteiger charge is 2.30. The van der Waals surface area contributed by atoms with Crippen LogP contribution in [0.5, 0.6) is 5.75 Å². The molecule has 0 amide bonds. The Morgan fingerprint density at radius 3 is 2.86 bits per heavy atom. The number of esters is 1. The molecule has 0 spiro atoms. The molecule has 4 rings (SSSR count). The smallest absolute Gasteiger partial charge is 0.348 e. The van der Waals surface area contributed by atoms with Crippen LogP contribution in [0.1, 0.15) is 11.4 Å². The van der Waals surface area contributed by atoms with Crippen LogP contribution in [0.25, 0.3) is 0 Å². The number of fused-ring (bicyclic) bond motifs is 1. The van der Waals surface area contributed by atoms with E-state index in [0.29, 0.717) is 17.2 Å². The molecule has 0 aliphatic carbocycles. The zero-order valence-corrected chi connectivity index (χ0v) is 15.4. The fraction of sp³-hybridized carbons (Fsp3) is 0.158. The Bertz CT molecular complexity index is 1020. The number of ether oxygens (including phenoxy) is 2. The van der Waals surface area contributed by atoms with Gasteiger partial charge in [-0.3, -0.25) is 0 Å². The Morgan fingerprint density at radius 1 is 1.21 bits per heavy atom. The van der Waals surface area contributed by atoms with Crippen molar-refractivity contribution in [1.82, 2.24) is 15.0 Å². The normalized spacial score (nSPS) is 14.8. The maximum atomic E-state index is 12.3. The van der Waals surface area contributed by atoms with Crippen molar-refractivity contribution in [2.24, 2.45) is 0 Å². The lowest BCUT2D eigenvalue weighted by Gasteiger charge is -2.11. The number of nitrogens with one attached hydrogen (secondary N) is 1. The summed E-state index contributed by atoms with van der Waals surface area (Å²) in [7, 11) is 0. The minimum absolute atomic E-state index is 0.0265. The van der Waals surface area contributed by atoms with Crippen LogP contribution < -0.4 is 15.8 Å². The number of carbonyl (C=O) groups is 1. The zero-order chi connectivity index (χ0) is 19.5. The number of halogens is 1. The van der Waals surface area contributed by atoms with Crippen LogP contribution >= 0.6 is 11.6 Å². The first kappa shape index (κ1) is 18.0. The van der Waals surface area contributed by atoms with Gasteiger partial charge in [-0.2, -0.15) is 15.0 Å². The lowest BCUT2D eigenvalue weighted by atomic mass is 10.1. The van der Waals surface area contributed by atoms with Crippen LogP contribution in [0.15, 0.2) is 48.5 Å². The number of para-hydroxylation sites is 1. The van der Waals surface area contributed by atoms with E-state index in [1.54, 1.807) is 18.2 Å². The number of aromatic nitrogens is 3. The molecule has 1 aliphatic heterocycles. The number of rotatable bonds is 5. The van der Waals surface area contributed by atoms with Crippen LogP contribution in [0.3, 0.4) is 0 Å². The highest BCUT2D eigenvalue weighted by Crippen LogP contribution is 2.31. The van der Waals surface area contributed by atoms with Crippen LogP contribution in [0, 0.1) is 0 Å². The molecule has 0 saturated heterocycles. The van der Waals surface area contributed by atoms with E-state index in [2.05, 4.69) is 20.3 Å². The summed E-state index contributed by atoms with van der Waals surface area (Å²) in [5, 5.41) is 3.62. The average Bonchev–Trinajstić information content (AvgIpc) is 3.10. The number of carbonyl (C=O) groups excluding carboxylic acids is 1. The minimum atomic E-state index is -0.727. The molecule has 3 aromatic rings. The van der Waals surface area contributed by atoms with E-state index in [-0.39, 0.29) is 24.3 Å². The number of benzene rings is 2. The number of nitrogens with two attached hydrogens (primary N) is 1. The average molecular weight is 398 g/mol. The van der Waals surface area contributed by atoms with E-state index in [1.165, 1.54) is 0 Å². The second-order valence-corrected chi connectivity index (χ2v) is 6.53. The predicted octanol–water partition coefficient (Wildman–Crippen LogP) is 2.90. The SMILES string of the molecule is Nc1nc(COC(=O)[C@@H]2Cc3cc(Cl)ccc3O2)nc(Nc2ccccc2)n1. The van der Waals surface area contributed by atoms with Gasteiger partial charge in [0, 0.05) is 17.1 Å². The van der Waals surface area contributed by atoms with Gasteiger partial charge in [0.1, 0.15) is 5.75 Å². The van der Waals surface area contributed by atoms with Crippen molar-refractivity contribution in [2.45, 2.75) is 19.1 Å². The molecule has 142 valence electrons. The van der Waals surface area contributed by atoms with Crippen LogP contribution in [-0.2, 0) is 22.6 Å². The van der Waals surface area contributed by atoms with Gasteiger partial charge in [-0.1, -0.05) is 29.8 Å². The number of hydrogen-bond donors (Lipinski definition) is 2. The van der Waals surface area contributed by atoms with Gasteiger partial charge in [-0.25, -0.2) is 4.79 Å². The summed E-state index contributed by atoms with van der Waals surface area (Å²) in [5.41, 5.74) is 7.40. The minimum Gasteiger partial charge on any atom is -0.478 e. The lowest BCUT2D eigenvalue weighted by Crippen LogP contribution is -2.27. The Kier molecular flexibility index (Phi) is 4.94. The first-order chi connectivity index (χ1) is 13.6. The maximum absolute atomic E-state index is 12.3. The molecular weight excluding hydrogens is 382 g/mol. The molecule has 28 heavy (non-hydrogen) atoms. The molecular formula is C19H16ClN5O3. The number of anilines is 3. The number of hydrogen-bond acceptors (Lipinski definition) is 8. The van der Waals surface area contributed by atoms with E-state index in [1.807, 2.05) is 30.3 Å². The molecule has 1 aliphatic rings. The third kappa shape index (κ3) is 4.12. The molecule has 0 unspecified atom stereocenters. The van der Waals surface area contributed by atoms with Gasteiger partial charge >= 0.3 is 5.97 Å². The van der Waals surface area contributed by atoms with Gasteiger partial charge in [-0.15, -0.1) is 0 Å². The molecule has 0 bridgehead atoms. The fourth-order valence-electron chi connectivity index (χ4n) is 2.79. The van der Waals surface area contributed by atoms with E-state index in [0.717, 1.165) is 11.3 Å². The molecule has 2 aromatic carbocycles. The third-order valence-corrected chi connectivity index (χ3v) is 4.27. The van der Waals surface area contributed by atoms with E-state index < -0.39 is 12.1 Å². The van der Waals surface area contributed by atoms with Crippen molar-refractivity contribution in [1.29, 1.82) is 0 Å². The summed E-state index contributed by atoms with van der Waals surface area (Å²) < 4.78 is 10.9. The molecule has 0 radical (unpaired) electrons. The van der Waals surface area contributed by atoms with E-state index in [9.17, 15) is 4.79 Å². The van der Waals surface area contributed by atoms with Crippen molar-refractivity contribution in [3.05, 3.63) is 64.9 Å². The molecule has 0 fully saturated rings. The summed E-state index contributed by atoms with van der Waals surface area (Å²) >= 11 is 5.97. The first-order valence-corrected chi connectivity index (χ1v) is 8.89. The highest BCUT2D eigenvalue weighted by atomic mass is 35.5. The van der Waals surface area contributed by atoms with Crippen molar-refractivity contribution >= 4 is 35.2 Å². The molecule has 1 atom stereocenters. The van der Waals surface area contributed by atoms with Crippen LogP contribution in [0.4, 0.5) is 17.6 Å². The summed E-state index contributed by atoms with van der Waals surface area (Å²) in [4.78, 5) is 24.6. The van der Waals surface area contributed by atoms with Gasteiger partial charge in [0.05, 0.1) is 0 Å². The largest absolute Gasteiger partial charge is 0.478 e. The maximum Gasteiger partial charge on any atom is 0.348 e. The summed E-state index contributed by atoms with van der Waals surface area (Å²) in [6, 6.07) is 14.6. The molecule has 8 nitrogen and oxygen atoms in total. The third-order valence-electron chi connectivity index (χ3n) is 4.03. The fourth-order valence-corrected chi connectivity index (χ4v) is 2.98. The quantitative estimate of drug-likeness (QED) is 0.632. The Balaban J connectivity index is 1.39. The number of nitrogens with zero attached hydrogens (tertiary/aromatic N) is 3. The summed E-state index contributed by atoms with van der Waals surface area (Å²) in [5.74, 6) is 0.648. The van der Waals surface area contributed by atoms with Crippen molar-refractivity contribution < 1.29 is 14.3 Å². The van der Waals surface area contributed by atoms with Crippen molar-refractivity contribution in [3.8, 4) is 5.75 Å². The standard InChI is InChI=1S/C19H16ClN5O3/c20-12-6-7-14-11(8-12)9-15(28-14)17(26)27-10-16-23-18(21)25-19(24-16)22-13-4-2-1-3-5-13/h1-8,15H,9-10H2,(H3,21,22,23,24,25)/t15-/m0/s1. The van der Waals surface area contributed by atoms with Gasteiger partial charge in [0.15, 0.2) is 18.5 Å². The summed E-state index contributed by atoms with van der Waals surface area (Å²) in [6.07, 6.45) is -0.330. The first-order valence-electron chi connectivity index (χ1n) is 8.51. The van der Waals surface area contributed by atoms with Gasteiger partial charge in [0.2, 0.25) is 11.9 Å². The molecule has 9 heteroatoms.